The summed E-state index contributed by atoms with van der Waals surface area (Å²) in [6.45, 7) is 4.08. The van der Waals surface area contributed by atoms with E-state index in [1.54, 1.807) is 18.3 Å². The molecular weight excluding hydrogens is 290 g/mol. The average molecular weight is 311 g/mol. The third kappa shape index (κ3) is 3.18. The lowest BCUT2D eigenvalue weighted by molar-refractivity contribution is 0.0950. The minimum atomic E-state index is -0.206. The van der Waals surface area contributed by atoms with Crippen LogP contribution < -0.4 is 10.9 Å². The van der Waals surface area contributed by atoms with Gasteiger partial charge < -0.3 is 10.3 Å². The Bertz CT molecular complexity index is 791. The van der Waals surface area contributed by atoms with E-state index in [4.69, 9.17) is 0 Å². The number of hydrogen-bond donors (Lipinski definition) is 2. The Balaban J connectivity index is 1.82. The fourth-order valence-electron chi connectivity index (χ4n) is 3.17. The SMILES string of the molecule is Cc1ccc(C(=O)NCc2c3c(c(C)[nH]c2=O)CCCC3)cn1. The van der Waals surface area contributed by atoms with Crippen LogP contribution in [0, 0.1) is 13.8 Å². The molecule has 1 amide bonds. The molecule has 2 heterocycles. The smallest absolute Gasteiger partial charge is 0.253 e. The highest BCUT2D eigenvalue weighted by Gasteiger charge is 2.19. The predicted octanol–water partition coefficient (Wildman–Crippen LogP) is 2.20. The number of nitrogens with zero attached hydrogens (tertiary/aromatic N) is 1. The Morgan fingerprint density at radius 1 is 1.22 bits per heavy atom. The summed E-state index contributed by atoms with van der Waals surface area (Å²) in [7, 11) is 0. The number of pyridine rings is 2. The van der Waals surface area contributed by atoms with Crippen molar-refractivity contribution in [1.29, 1.82) is 0 Å². The second-order valence-corrected chi connectivity index (χ2v) is 6.09. The standard InChI is InChI=1S/C18H21N3O2/c1-11-7-8-13(9-19-11)17(22)20-10-16-15-6-4-3-5-14(15)12(2)21-18(16)23/h7-9H,3-6,10H2,1-2H3,(H,20,22)(H,21,23). The number of amides is 1. The van der Waals surface area contributed by atoms with Crippen molar-refractivity contribution in [3.8, 4) is 0 Å². The molecule has 5 nitrogen and oxygen atoms in total. The number of carbonyl (C=O) groups is 1. The molecule has 2 N–H and O–H groups in total. The van der Waals surface area contributed by atoms with Crippen LogP contribution in [-0.4, -0.2) is 15.9 Å². The van der Waals surface area contributed by atoms with Crippen LogP contribution in [-0.2, 0) is 19.4 Å². The maximum Gasteiger partial charge on any atom is 0.253 e. The van der Waals surface area contributed by atoms with Crippen LogP contribution in [0.1, 0.15) is 51.3 Å². The van der Waals surface area contributed by atoms with Crippen LogP contribution in [0.2, 0.25) is 0 Å². The molecule has 1 aliphatic carbocycles. The number of carbonyl (C=O) groups excluding carboxylic acids is 1. The van der Waals surface area contributed by atoms with Crippen molar-refractivity contribution in [2.24, 2.45) is 0 Å². The van der Waals surface area contributed by atoms with Crippen LogP contribution in [0.5, 0.6) is 0 Å². The topological polar surface area (TPSA) is 74.8 Å². The molecule has 3 rings (SSSR count). The predicted molar refractivity (Wildman–Crippen MR) is 88.6 cm³/mol. The van der Waals surface area contributed by atoms with Crippen molar-refractivity contribution in [1.82, 2.24) is 15.3 Å². The fourth-order valence-corrected chi connectivity index (χ4v) is 3.17. The fraction of sp³-hybridized carbons (Fsp3) is 0.389. The monoisotopic (exact) mass is 311 g/mol. The first kappa shape index (κ1) is 15.5. The molecule has 0 aliphatic heterocycles. The van der Waals surface area contributed by atoms with Gasteiger partial charge >= 0.3 is 0 Å². The molecule has 0 aromatic carbocycles. The lowest BCUT2D eigenvalue weighted by atomic mass is 9.88. The van der Waals surface area contributed by atoms with E-state index in [0.717, 1.165) is 42.6 Å². The molecule has 2 aromatic rings. The summed E-state index contributed by atoms with van der Waals surface area (Å²) < 4.78 is 0. The Morgan fingerprint density at radius 2 is 1.96 bits per heavy atom. The van der Waals surface area contributed by atoms with Crippen LogP contribution in [0.15, 0.2) is 23.1 Å². The molecule has 0 bridgehead atoms. The zero-order chi connectivity index (χ0) is 16.4. The molecule has 2 aromatic heterocycles. The van der Waals surface area contributed by atoms with Gasteiger partial charge in [-0.05, 0) is 62.8 Å². The first-order valence-corrected chi connectivity index (χ1v) is 8.00. The Kier molecular flexibility index (Phi) is 4.28. The summed E-state index contributed by atoms with van der Waals surface area (Å²) in [4.78, 5) is 31.5. The first-order valence-electron chi connectivity index (χ1n) is 8.00. The number of rotatable bonds is 3. The maximum atomic E-state index is 12.3. The van der Waals surface area contributed by atoms with E-state index in [-0.39, 0.29) is 18.0 Å². The van der Waals surface area contributed by atoms with Crippen molar-refractivity contribution in [3.63, 3.8) is 0 Å². The molecule has 5 heteroatoms. The van der Waals surface area contributed by atoms with E-state index in [0.29, 0.717) is 11.1 Å². The zero-order valence-corrected chi connectivity index (χ0v) is 13.5. The van der Waals surface area contributed by atoms with Crippen molar-refractivity contribution in [2.75, 3.05) is 0 Å². The van der Waals surface area contributed by atoms with Crippen molar-refractivity contribution in [3.05, 3.63) is 62.3 Å². The van der Waals surface area contributed by atoms with Gasteiger partial charge in [0.05, 0.1) is 5.56 Å². The maximum absolute atomic E-state index is 12.3. The minimum absolute atomic E-state index is 0.0921. The molecule has 0 radical (unpaired) electrons. The molecule has 0 saturated carbocycles. The Hall–Kier alpha value is -2.43. The molecule has 0 saturated heterocycles. The van der Waals surface area contributed by atoms with E-state index in [2.05, 4.69) is 15.3 Å². The molecule has 120 valence electrons. The second kappa shape index (κ2) is 6.36. The summed E-state index contributed by atoms with van der Waals surface area (Å²) in [6.07, 6.45) is 5.72. The highest BCUT2D eigenvalue weighted by Crippen LogP contribution is 2.24. The van der Waals surface area contributed by atoms with Gasteiger partial charge in [0.15, 0.2) is 0 Å². The lowest BCUT2D eigenvalue weighted by Gasteiger charge is -2.21. The minimum Gasteiger partial charge on any atom is -0.348 e. The van der Waals surface area contributed by atoms with E-state index < -0.39 is 0 Å². The lowest BCUT2D eigenvalue weighted by Crippen LogP contribution is -2.30. The van der Waals surface area contributed by atoms with Gasteiger partial charge in [0.2, 0.25) is 0 Å². The number of aryl methyl sites for hydroxylation is 2. The number of nitrogens with one attached hydrogen (secondary N) is 2. The molecule has 0 fully saturated rings. The summed E-state index contributed by atoms with van der Waals surface area (Å²) >= 11 is 0. The van der Waals surface area contributed by atoms with E-state index >= 15 is 0 Å². The van der Waals surface area contributed by atoms with E-state index in [9.17, 15) is 9.59 Å². The van der Waals surface area contributed by atoms with Gasteiger partial charge in [-0.15, -0.1) is 0 Å². The quantitative estimate of drug-likeness (QED) is 0.912. The van der Waals surface area contributed by atoms with Gasteiger partial charge in [-0.25, -0.2) is 0 Å². The largest absolute Gasteiger partial charge is 0.348 e. The second-order valence-electron chi connectivity index (χ2n) is 6.09. The van der Waals surface area contributed by atoms with Gasteiger partial charge in [0, 0.05) is 29.7 Å². The van der Waals surface area contributed by atoms with Gasteiger partial charge in [-0.3, -0.25) is 14.6 Å². The van der Waals surface area contributed by atoms with Gasteiger partial charge in [-0.1, -0.05) is 0 Å². The van der Waals surface area contributed by atoms with Crippen LogP contribution in [0.4, 0.5) is 0 Å². The zero-order valence-electron chi connectivity index (χ0n) is 13.5. The third-order valence-electron chi connectivity index (χ3n) is 4.46. The van der Waals surface area contributed by atoms with Gasteiger partial charge in [-0.2, -0.15) is 0 Å². The molecule has 0 atom stereocenters. The van der Waals surface area contributed by atoms with Gasteiger partial charge in [0.1, 0.15) is 0 Å². The highest BCUT2D eigenvalue weighted by atomic mass is 16.1. The van der Waals surface area contributed by atoms with Crippen molar-refractivity contribution >= 4 is 5.91 Å². The number of hydrogen-bond acceptors (Lipinski definition) is 3. The van der Waals surface area contributed by atoms with Crippen LogP contribution in [0.25, 0.3) is 0 Å². The summed E-state index contributed by atoms with van der Waals surface area (Å²) in [5, 5.41) is 2.85. The molecule has 0 unspecified atom stereocenters. The third-order valence-corrected chi connectivity index (χ3v) is 4.46. The van der Waals surface area contributed by atoms with Crippen molar-refractivity contribution in [2.45, 2.75) is 46.1 Å². The number of aromatic amines is 1. The van der Waals surface area contributed by atoms with Crippen molar-refractivity contribution < 1.29 is 4.79 Å². The number of fused-ring (bicyclic) bond motifs is 1. The van der Waals surface area contributed by atoms with Crippen LogP contribution in [0.3, 0.4) is 0 Å². The number of aromatic nitrogens is 2. The normalized spacial score (nSPS) is 13.5. The van der Waals surface area contributed by atoms with Crippen LogP contribution >= 0.6 is 0 Å². The Morgan fingerprint density at radius 3 is 2.65 bits per heavy atom. The molecule has 1 aliphatic rings. The van der Waals surface area contributed by atoms with E-state index in [1.165, 1.54) is 5.56 Å². The Labute approximate surface area is 135 Å². The molecular formula is C18H21N3O2. The van der Waals surface area contributed by atoms with Gasteiger partial charge in [0.25, 0.3) is 11.5 Å². The summed E-state index contributed by atoms with van der Waals surface area (Å²) in [6, 6.07) is 3.54. The average Bonchev–Trinajstić information content (AvgIpc) is 2.55. The molecule has 23 heavy (non-hydrogen) atoms. The molecule has 0 spiro atoms. The van der Waals surface area contributed by atoms with E-state index in [1.807, 2.05) is 13.8 Å². The highest BCUT2D eigenvalue weighted by molar-refractivity contribution is 5.93. The number of H-pyrrole nitrogens is 1. The summed E-state index contributed by atoms with van der Waals surface area (Å²) in [5.74, 6) is -0.206. The first-order chi connectivity index (χ1) is 11.1. The summed E-state index contributed by atoms with van der Waals surface area (Å²) in [5.41, 5.74) is 5.31.